The second-order valence-corrected chi connectivity index (χ2v) is 9.29. The summed E-state index contributed by atoms with van der Waals surface area (Å²) in [7, 11) is 0. The molecular formula is C24H27ClN4O2. The molecular weight excluding hydrogens is 412 g/mol. The van der Waals surface area contributed by atoms with Crippen molar-refractivity contribution in [3.63, 3.8) is 0 Å². The maximum atomic E-state index is 13.3. The van der Waals surface area contributed by atoms with Gasteiger partial charge in [0.2, 0.25) is 0 Å². The van der Waals surface area contributed by atoms with Gasteiger partial charge in [0.1, 0.15) is 5.54 Å². The molecule has 2 heterocycles. The molecule has 2 fully saturated rings. The summed E-state index contributed by atoms with van der Waals surface area (Å²) in [6.45, 7) is 4.73. The Morgan fingerprint density at radius 2 is 1.58 bits per heavy atom. The molecule has 2 aromatic carbocycles. The van der Waals surface area contributed by atoms with Crippen molar-refractivity contribution in [2.24, 2.45) is 0 Å². The number of fused-ring (bicyclic) bond motifs is 1. The molecule has 1 atom stereocenters. The van der Waals surface area contributed by atoms with Gasteiger partial charge in [-0.25, -0.2) is 9.69 Å². The van der Waals surface area contributed by atoms with Crippen LogP contribution < -0.4 is 5.32 Å². The number of hydrogen-bond donors (Lipinski definition) is 1. The molecule has 7 heteroatoms. The number of hydrogen-bond acceptors (Lipinski definition) is 4. The molecule has 2 saturated heterocycles. The second-order valence-electron chi connectivity index (χ2n) is 8.85. The van der Waals surface area contributed by atoms with Crippen molar-refractivity contribution in [1.29, 1.82) is 0 Å². The Balaban J connectivity index is 1.18. The van der Waals surface area contributed by atoms with Crippen LogP contribution >= 0.6 is 11.6 Å². The first-order valence-corrected chi connectivity index (χ1v) is 11.3. The zero-order valence-corrected chi connectivity index (χ0v) is 18.3. The van der Waals surface area contributed by atoms with Crippen molar-refractivity contribution in [3.8, 4) is 0 Å². The van der Waals surface area contributed by atoms with Gasteiger partial charge >= 0.3 is 6.03 Å². The summed E-state index contributed by atoms with van der Waals surface area (Å²) in [6.07, 6.45) is 2.07. The van der Waals surface area contributed by atoms with Gasteiger partial charge in [0.15, 0.2) is 0 Å². The van der Waals surface area contributed by atoms with Crippen LogP contribution in [0.5, 0.6) is 0 Å². The number of carbonyl (C=O) groups excluding carboxylic acids is 2. The lowest BCUT2D eigenvalue weighted by Crippen LogP contribution is -2.53. The Labute approximate surface area is 187 Å². The largest absolute Gasteiger partial charge is 0.326 e. The fourth-order valence-corrected chi connectivity index (χ4v) is 5.09. The minimum atomic E-state index is -0.776. The van der Waals surface area contributed by atoms with E-state index < -0.39 is 5.54 Å². The molecule has 0 saturated carbocycles. The highest BCUT2D eigenvalue weighted by molar-refractivity contribution is 6.30. The van der Waals surface area contributed by atoms with E-state index in [1.54, 1.807) is 0 Å². The second kappa shape index (κ2) is 8.26. The van der Waals surface area contributed by atoms with Crippen LogP contribution in [0.15, 0.2) is 48.5 Å². The van der Waals surface area contributed by atoms with Crippen molar-refractivity contribution in [2.45, 2.75) is 31.3 Å². The van der Waals surface area contributed by atoms with Crippen LogP contribution in [0, 0.1) is 0 Å². The monoisotopic (exact) mass is 438 g/mol. The van der Waals surface area contributed by atoms with E-state index in [1.165, 1.54) is 21.6 Å². The van der Waals surface area contributed by atoms with E-state index in [-0.39, 0.29) is 11.9 Å². The molecule has 1 spiro atoms. The van der Waals surface area contributed by atoms with Crippen molar-refractivity contribution in [1.82, 2.24) is 20.0 Å². The Hall–Kier alpha value is -2.41. The summed E-state index contributed by atoms with van der Waals surface area (Å²) in [4.78, 5) is 32.0. The zero-order valence-electron chi connectivity index (χ0n) is 17.5. The first kappa shape index (κ1) is 20.5. The van der Waals surface area contributed by atoms with Crippen LogP contribution in [0.1, 0.15) is 23.1 Å². The summed E-state index contributed by atoms with van der Waals surface area (Å²) >= 11 is 5.97. The standard InChI is InChI=1S/C24H27ClN4O2/c25-21-7-5-18(6-8-21)16-27-11-13-28(14-12-27)17-29-22(30)24(26-23(29)31)10-9-19-3-1-2-4-20(19)15-24/h1-8H,9-17H2,(H,26,31). The molecule has 5 rings (SSSR count). The van der Waals surface area contributed by atoms with E-state index in [9.17, 15) is 9.59 Å². The molecule has 0 radical (unpaired) electrons. The number of carbonyl (C=O) groups is 2. The Bertz CT molecular complexity index is 987. The van der Waals surface area contributed by atoms with Crippen molar-refractivity contribution < 1.29 is 9.59 Å². The fraction of sp³-hybridized carbons (Fsp3) is 0.417. The van der Waals surface area contributed by atoms with Gasteiger partial charge in [-0.05, 0) is 41.7 Å². The number of nitrogens with zero attached hydrogens (tertiary/aromatic N) is 3. The lowest BCUT2D eigenvalue weighted by molar-refractivity contribution is -0.133. The van der Waals surface area contributed by atoms with E-state index in [4.69, 9.17) is 11.6 Å². The van der Waals surface area contributed by atoms with Gasteiger partial charge in [-0.2, -0.15) is 0 Å². The lowest BCUT2D eigenvalue weighted by Gasteiger charge is -2.36. The highest BCUT2D eigenvalue weighted by atomic mass is 35.5. The number of rotatable bonds is 4. The molecule has 1 aliphatic carbocycles. The molecule has 162 valence electrons. The average molecular weight is 439 g/mol. The van der Waals surface area contributed by atoms with Crippen LogP contribution in [-0.4, -0.2) is 65.0 Å². The number of halogens is 1. The molecule has 2 aromatic rings. The Kier molecular flexibility index (Phi) is 5.46. The molecule has 1 N–H and O–H groups in total. The molecule has 6 nitrogen and oxygen atoms in total. The third-order valence-corrected chi connectivity index (χ3v) is 7.06. The van der Waals surface area contributed by atoms with E-state index >= 15 is 0 Å². The minimum Gasteiger partial charge on any atom is -0.323 e. The Morgan fingerprint density at radius 1 is 0.903 bits per heavy atom. The number of aryl methyl sites for hydroxylation is 1. The quantitative estimate of drug-likeness (QED) is 0.746. The van der Waals surface area contributed by atoms with Crippen molar-refractivity contribution in [3.05, 3.63) is 70.2 Å². The molecule has 3 amide bonds. The first-order chi connectivity index (χ1) is 15.0. The highest BCUT2D eigenvalue weighted by Gasteiger charge is 2.52. The van der Waals surface area contributed by atoms with Crippen LogP contribution in [0.4, 0.5) is 4.79 Å². The predicted octanol–water partition coefficient (Wildman–Crippen LogP) is 2.89. The molecule has 2 aliphatic heterocycles. The summed E-state index contributed by atoms with van der Waals surface area (Å²) in [5, 5.41) is 3.79. The van der Waals surface area contributed by atoms with Crippen LogP contribution in [0.3, 0.4) is 0 Å². The van der Waals surface area contributed by atoms with E-state index in [1.807, 2.05) is 24.3 Å². The van der Waals surface area contributed by atoms with E-state index in [0.717, 1.165) is 44.2 Å². The highest BCUT2D eigenvalue weighted by Crippen LogP contribution is 2.33. The SMILES string of the molecule is O=C1NC2(CCc3ccccc3C2)C(=O)N1CN1CCN(Cc2ccc(Cl)cc2)CC1. The fourth-order valence-electron chi connectivity index (χ4n) is 4.97. The normalized spacial score (nSPS) is 24.5. The molecule has 0 aromatic heterocycles. The zero-order chi connectivity index (χ0) is 21.4. The number of piperazine rings is 1. The molecule has 3 aliphatic rings. The molecule has 0 bridgehead atoms. The summed E-state index contributed by atoms with van der Waals surface area (Å²) < 4.78 is 0. The predicted molar refractivity (Wildman–Crippen MR) is 120 cm³/mol. The van der Waals surface area contributed by atoms with E-state index in [0.29, 0.717) is 19.5 Å². The smallest absolute Gasteiger partial charge is 0.323 e. The maximum Gasteiger partial charge on any atom is 0.326 e. The van der Waals surface area contributed by atoms with Gasteiger partial charge in [0.25, 0.3) is 5.91 Å². The van der Waals surface area contributed by atoms with Gasteiger partial charge in [-0.15, -0.1) is 0 Å². The van der Waals surface area contributed by atoms with E-state index in [2.05, 4.69) is 39.4 Å². The van der Waals surface area contributed by atoms with Crippen molar-refractivity contribution >= 4 is 23.5 Å². The van der Waals surface area contributed by atoms with Crippen molar-refractivity contribution in [2.75, 3.05) is 32.8 Å². The van der Waals surface area contributed by atoms with Gasteiger partial charge < -0.3 is 5.32 Å². The van der Waals surface area contributed by atoms with Gasteiger partial charge in [-0.3, -0.25) is 14.6 Å². The molecule has 1 unspecified atom stereocenters. The minimum absolute atomic E-state index is 0.0735. The number of urea groups is 1. The van der Waals surface area contributed by atoms with Crippen LogP contribution in [0.2, 0.25) is 5.02 Å². The lowest BCUT2D eigenvalue weighted by atomic mass is 9.78. The molecule has 31 heavy (non-hydrogen) atoms. The number of nitrogens with one attached hydrogen (secondary N) is 1. The Morgan fingerprint density at radius 3 is 2.32 bits per heavy atom. The van der Waals surface area contributed by atoms with Crippen LogP contribution in [0.25, 0.3) is 0 Å². The summed E-state index contributed by atoms with van der Waals surface area (Å²) in [5.41, 5.74) is 2.92. The average Bonchev–Trinajstić information content (AvgIpc) is 3.00. The van der Waals surface area contributed by atoms with Gasteiger partial charge in [0.05, 0.1) is 6.67 Å². The third kappa shape index (κ3) is 4.07. The maximum absolute atomic E-state index is 13.3. The van der Waals surface area contributed by atoms with Gasteiger partial charge in [-0.1, -0.05) is 48.0 Å². The third-order valence-electron chi connectivity index (χ3n) is 6.80. The first-order valence-electron chi connectivity index (χ1n) is 10.9. The number of benzene rings is 2. The summed E-state index contributed by atoms with van der Waals surface area (Å²) in [5.74, 6) is -0.0735. The number of amides is 3. The van der Waals surface area contributed by atoms with Gasteiger partial charge in [0, 0.05) is 44.2 Å². The summed E-state index contributed by atoms with van der Waals surface area (Å²) in [6, 6.07) is 15.9. The topological polar surface area (TPSA) is 55.9 Å². The van der Waals surface area contributed by atoms with Crippen LogP contribution in [-0.2, 0) is 24.2 Å². The number of imide groups is 1.